The van der Waals surface area contributed by atoms with Crippen LogP contribution in [-0.4, -0.2) is 48.7 Å². The van der Waals surface area contributed by atoms with E-state index in [1.165, 1.54) is 32.1 Å². The molecular formula is C17H34N2O2. The van der Waals surface area contributed by atoms with Gasteiger partial charge in [0.15, 0.2) is 0 Å². The fraction of sp³-hybridized carbons (Fsp3) is 0.941. The number of rotatable bonds is 11. The van der Waals surface area contributed by atoms with Crippen molar-refractivity contribution in [3.63, 3.8) is 0 Å². The quantitative estimate of drug-likeness (QED) is 0.470. The zero-order valence-corrected chi connectivity index (χ0v) is 14.6. The van der Waals surface area contributed by atoms with Crippen LogP contribution in [0.3, 0.4) is 0 Å². The predicted molar refractivity (Wildman–Crippen MR) is 87.4 cm³/mol. The van der Waals surface area contributed by atoms with Gasteiger partial charge in [-0.1, -0.05) is 19.8 Å². The molecule has 124 valence electrons. The van der Waals surface area contributed by atoms with E-state index in [0.717, 1.165) is 13.0 Å². The average molecular weight is 298 g/mol. The predicted octanol–water partition coefficient (Wildman–Crippen LogP) is 2.96. The number of esters is 1. The lowest BCUT2D eigenvalue weighted by Crippen LogP contribution is -2.54. The normalized spacial score (nSPS) is 19.3. The Bertz CT molecular complexity index is 318. The largest absolute Gasteiger partial charge is 0.465 e. The minimum Gasteiger partial charge on any atom is -0.465 e. The van der Waals surface area contributed by atoms with Crippen molar-refractivity contribution in [2.24, 2.45) is 0 Å². The summed E-state index contributed by atoms with van der Waals surface area (Å²) in [7, 11) is 2.16. The third-order valence-electron chi connectivity index (χ3n) is 4.40. The number of unbranched alkanes of at least 4 members (excludes halogenated alkanes) is 2. The maximum absolute atomic E-state index is 12.3. The van der Waals surface area contributed by atoms with Crippen molar-refractivity contribution in [3.05, 3.63) is 0 Å². The molecule has 0 aromatic rings. The maximum Gasteiger partial charge on any atom is 0.326 e. The number of nitrogens with zero attached hydrogens (tertiary/aromatic N) is 1. The number of carbonyl (C=O) groups is 1. The Hall–Kier alpha value is -0.610. The molecular weight excluding hydrogens is 264 g/mol. The van der Waals surface area contributed by atoms with E-state index in [-0.39, 0.29) is 5.97 Å². The summed E-state index contributed by atoms with van der Waals surface area (Å²) >= 11 is 0. The van der Waals surface area contributed by atoms with Crippen molar-refractivity contribution < 1.29 is 9.53 Å². The molecule has 2 unspecified atom stereocenters. The van der Waals surface area contributed by atoms with Gasteiger partial charge in [0.25, 0.3) is 0 Å². The van der Waals surface area contributed by atoms with E-state index >= 15 is 0 Å². The molecule has 2 atom stereocenters. The highest BCUT2D eigenvalue weighted by molar-refractivity contribution is 5.80. The van der Waals surface area contributed by atoms with Crippen molar-refractivity contribution in [1.29, 1.82) is 0 Å². The maximum atomic E-state index is 12.3. The van der Waals surface area contributed by atoms with Crippen LogP contribution in [0.25, 0.3) is 0 Å². The number of hydrogen-bond acceptors (Lipinski definition) is 4. The minimum atomic E-state index is -0.560. The third kappa shape index (κ3) is 6.35. The van der Waals surface area contributed by atoms with Gasteiger partial charge in [-0.05, 0) is 60.0 Å². The molecule has 4 nitrogen and oxygen atoms in total. The Labute approximate surface area is 130 Å². The Kier molecular flexibility index (Phi) is 7.67. The van der Waals surface area contributed by atoms with E-state index in [1.807, 2.05) is 13.8 Å². The van der Waals surface area contributed by atoms with Gasteiger partial charge in [-0.2, -0.15) is 0 Å². The summed E-state index contributed by atoms with van der Waals surface area (Å²) in [5.74, 6) is -0.106. The number of nitrogens with one attached hydrogen (secondary N) is 1. The molecule has 0 aromatic carbocycles. The molecule has 21 heavy (non-hydrogen) atoms. The molecule has 0 aliphatic heterocycles. The van der Waals surface area contributed by atoms with Crippen LogP contribution < -0.4 is 5.32 Å². The topological polar surface area (TPSA) is 41.6 Å². The molecule has 1 saturated carbocycles. The fourth-order valence-corrected chi connectivity index (χ4v) is 2.75. The van der Waals surface area contributed by atoms with E-state index < -0.39 is 5.54 Å². The van der Waals surface area contributed by atoms with Crippen LogP contribution in [0.2, 0.25) is 0 Å². The highest BCUT2D eigenvalue weighted by atomic mass is 16.5. The Morgan fingerprint density at radius 3 is 2.57 bits per heavy atom. The molecule has 1 fully saturated rings. The third-order valence-corrected chi connectivity index (χ3v) is 4.40. The number of carbonyl (C=O) groups excluding carboxylic acids is 1. The Morgan fingerprint density at radius 1 is 1.38 bits per heavy atom. The van der Waals surface area contributed by atoms with Crippen LogP contribution in [0.5, 0.6) is 0 Å². The van der Waals surface area contributed by atoms with Crippen molar-refractivity contribution in [1.82, 2.24) is 10.2 Å². The van der Waals surface area contributed by atoms with Crippen LogP contribution >= 0.6 is 0 Å². The van der Waals surface area contributed by atoms with E-state index in [9.17, 15) is 4.79 Å². The average Bonchev–Trinajstić information content (AvgIpc) is 3.22. The highest BCUT2D eigenvalue weighted by Crippen LogP contribution is 2.26. The molecule has 1 rings (SSSR count). The van der Waals surface area contributed by atoms with Gasteiger partial charge >= 0.3 is 5.97 Å². The smallest absolute Gasteiger partial charge is 0.326 e. The van der Waals surface area contributed by atoms with E-state index in [0.29, 0.717) is 18.7 Å². The highest BCUT2D eigenvalue weighted by Gasteiger charge is 2.41. The lowest BCUT2D eigenvalue weighted by molar-refractivity contribution is -0.151. The van der Waals surface area contributed by atoms with Gasteiger partial charge in [0.2, 0.25) is 0 Å². The van der Waals surface area contributed by atoms with E-state index in [4.69, 9.17) is 4.74 Å². The Morgan fingerprint density at radius 2 is 2.05 bits per heavy atom. The first kappa shape index (κ1) is 18.4. The SMILES string of the molecule is CCCCCN(C)C(C)CC(C)(NC1CC1)C(=O)OCC. The second-order valence-electron chi connectivity index (χ2n) is 6.71. The Balaban J connectivity index is 2.55. The minimum absolute atomic E-state index is 0.106. The van der Waals surface area contributed by atoms with Crippen molar-refractivity contribution in [2.75, 3.05) is 20.2 Å². The summed E-state index contributed by atoms with van der Waals surface area (Å²) in [6.45, 7) is 9.84. The molecule has 0 spiro atoms. The second-order valence-corrected chi connectivity index (χ2v) is 6.71. The van der Waals surface area contributed by atoms with Crippen molar-refractivity contribution >= 4 is 5.97 Å². The molecule has 4 heteroatoms. The van der Waals surface area contributed by atoms with Gasteiger partial charge in [0.05, 0.1) is 6.61 Å². The summed E-state index contributed by atoms with van der Waals surface area (Å²) in [5, 5.41) is 3.50. The number of hydrogen-bond donors (Lipinski definition) is 1. The second kappa shape index (κ2) is 8.74. The van der Waals surface area contributed by atoms with Gasteiger partial charge in [-0.15, -0.1) is 0 Å². The molecule has 1 aliphatic carbocycles. The van der Waals surface area contributed by atoms with E-state index in [1.54, 1.807) is 0 Å². The van der Waals surface area contributed by atoms with Crippen LogP contribution in [0.15, 0.2) is 0 Å². The summed E-state index contributed by atoms with van der Waals surface area (Å²) in [4.78, 5) is 14.7. The lowest BCUT2D eigenvalue weighted by Gasteiger charge is -2.35. The summed E-state index contributed by atoms with van der Waals surface area (Å²) < 4.78 is 5.29. The van der Waals surface area contributed by atoms with Gasteiger partial charge < -0.3 is 9.64 Å². The van der Waals surface area contributed by atoms with Gasteiger partial charge in [0, 0.05) is 12.1 Å². The first-order chi connectivity index (χ1) is 9.92. The fourth-order valence-electron chi connectivity index (χ4n) is 2.75. The number of ether oxygens (including phenoxy) is 1. The zero-order valence-electron chi connectivity index (χ0n) is 14.6. The molecule has 0 radical (unpaired) electrons. The zero-order chi connectivity index (χ0) is 15.9. The summed E-state index contributed by atoms with van der Waals surface area (Å²) in [6, 6.07) is 0.861. The molecule has 1 N–H and O–H groups in total. The molecule has 0 saturated heterocycles. The van der Waals surface area contributed by atoms with Crippen LogP contribution in [0, 0.1) is 0 Å². The molecule has 0 heterocycles. The molecule has 0 amide bonds. The first-order valence-corrected chi connectivity index (χ1v) is 8.58. The van der Waals surface area contributed by atoms with Crippen LogP contribution in [-0.2, 0) is 9.53 Å². The van der Waals surface area contributed by atoms with Gasteiger partial charge in [-0.3, -0.25) is 10.1 Å². The van der Waals surface area contributed by atoms with E-state index in [2.05, 4.69) is 31.1 Å². The van der Waals surface area contributed by atoms with Crippen molar-refractivity contribution in [2.45, 2.75) is 83.8 Å². The summed E-state index contributed by atoms with van der Waals surface area (Å²) in [5.41, 5.74) is -0.560. The molecule has 0 aromatic heterocycles. The molecule has 0 bridgehead atoms. The molecule has 1 aliphatic rings. The lowest BCUT2D eigenvalue weighted by atomic mass is 9.92. The van der Waals surface area contributed by atoms with Crippen LogP contribution in [0.4, 0.5) is 0 Å². The van der Waals surface area contributed by atoms with Crippen molar-refractivity contribution in [3.8, 4) is 0 Å². The standard InChI is InChI=1S/C17H34N2O2/c1-6-8-9-12-19(5)14(3)13-17(4,16(20)21-7-2)18-15-10-11-15/h14-15,18H,6-13H2,1-5H3. The first-order valence-electron chi connectivity index (χ1n) is 8.58. The van der Waals surface area contributed by atoms with Gasteiger partial charge in [-0.25, -0.2) is 0 Å². The van der Waals surface area contributed by atoms with Crippen LogP contribution in [0.1, 0.15) is 66.2 Å². The summed E-state index contributed by atoms with van der Waals surface area (Å²) in [6.07, 6.45) is 6.89. The monoisotopic (exact) mass is 298 g/mol. The van der Waals surface area contributed by atoms with Gasteiger partial charge in [0.1, 0.15) is 5.54 Å².